The fraction of sp³-hybridized carbons (Fsp3) is 0.364. The Hall–Kier alpha value is -1.58. The van der Waals surface area contributed by atoms with Gasteiger partial charge in [-0.3, -0.25) is 10.1 Å². The van der Waals surface area contributed by atoms with Crippen LogP contribution >= 0.6 is 11.8 Å². The molecule has 0 spiro atoms. The van der Waals surface area contributed by atoms with Crippen LogP contribution in [0.1, 0.15) is 12.0 Å². The SMILES string of the molecule is COCCCSc1ccc([N+](=O)[O-])cc1C#N. The summed E-state index contributed by atoms with van der Waals surface area (Å²) >= 11 is 1.51. The molecule has 0 heterocycles. The molecule has 0 radical (unpaired) electrons. The van der Waals surface area contributed by atoms with Gasteiger partial charge in [-0.1, -0.05) is 0 Å². The lowest BCUT2D eigenvalue weighted by molar-refractivity contribution is -0.384. The molecule has 5 nitrogen and oxygen atoms in total. The molecule has 0 aromatic heterocycles. The first-order chi connectivity index (χ1) is 8.19. The predicted octanol–water partition coefficient (Wildman–Crippen LogP) is 2.60. The summed E-state index contributed by atoms with van der Waals surface area (Å²) in [6.45, 7) is 0.669. The Morgan fingerprint density at radius 1 is 1.59 bits per heavy atom. The molecule has 0 unspecified atom stereocenters. The van der Waals surface area contributed by atoms with Crippen molar-refractivity contribution in [3.63, 3.8) is 0 Å². The average molecular weight is 252 g/mol. The number of hydrogen-bond donors (Lipinski definition) is 0. The zero-order valence-corrected chi connectivity index (χ0v) is 10.2. The number of methoxy groups -OCH3 is 1. The molecular weight excluding hydrogens is 240 g/mol. The van der Waals surface area contributed by atoms with Crippen LogP contribution in [0.25, 0.3) is 0 Å². The van der Waals surface area contributed by atoms with Gasteiger partial charge in [0.1, 0.15) is 6.07 Å². The number of thioether (sulfide) groups is 1. The van der Waals surface area contributed by atoms with Crippen LogP contribution < -0.4 is 0 Å². The average Bonchev–Trinajstić information content (AvgIpc) is 2.34. The summed E-state index contributed by atoms with van der Waals surface area (Å²) in [7, 11) is 1.64. The highest BCUT2D eigenvalue weighted by molar-refractivity contribution is 7.99. The number of benzene rings is 1. The monoisotopic (exact) mass is 252 g/mol. The van der Waals surface area contributed by atoms with Gasteiger partial charge < -0.3 is 4.74 Å². The van der Waals surface area contributed by atoms with E-state index in [1.54, 1.807) is 13.2 Å². The van der Waals surface area contributed by atoms with Crippen LogP contribution in [0.4, 0.5) is 5.69 Å². The smallest absolute Gasteiger partial charge is 0.270 e. The van der Waals surface area contributed by atoms with Gasteiger partial charge in [0, 0.05) is 36.5 Å². The number of non-ortho nitro benzene ring substituents is 1. The summed E-state index contributed by atoms with van der Waals surface area (Å²) in [6, 6.07) is 6.31. The second-order valence-electron chi connectivity index (χ2n) is 3.24. The van der Waals surface area contributed by atoms with E-state index in [9.17, 15) is 10.1 Å². The Labute approximate surface area is 104 Å². The molecule has 17 heavy (non-hydrogen) atoms. The molecule has 0 atom stereocenters. The molecule has 0 fully saturated rings. The van der Waals surface area contributed by atoms with Gasteiger partial charge >= 0.3 is 0 Å². The Morgan fingerprint density at radius 2 is 2.35 bits per heavy atom. The third-order valence-corrected chi connectivity index (χ3v) is 3.20. The first-order valence-corrected chi connectivity index (χ1v) is 5.98. The van der Waals surface area contributed by atoms with Crippen molar-refractivity contribution >= 4 is 17.4 Å². The molecule has 1 aromatic carbocycles. The van der Waals surface area contributed by atoms with Gasteiger partial charge in [0.25, 0.3) is 5.69 Å². The van der Waals surface area contributed by atoms with E-state index in [0.29, 0.717) is 12.2 Å². The maximum absolute atomic E-state index is 10.6. The zero-order chi connectivity index (χ0) is 12.7. The standard InChI is InChI=1S/C11H12N2O3S/c1-16-5-2-6-17-11-4-3-10(13(14)15)7-9(11)8-12/h3-4,7H,2,5-6H2,1H3. The Bertz CT molecular complexity index is 443. The predicted molar refractivity (Wildman–Crippen MR) is 65.0 cm³/mol. The number of nitrogens with zero attached hydrogens (tertiary/aromatic N) is 2. The second kappa shape index (κ2) is 6.89. The lowest BCUT2D eigenvalue weighted by Gasteiger charge is -2.03. The fourth-order valence-electron chi connectivity index (χ4n) is 1.23. The number of nitriles is 1. The molecule has 0 saturated heterocycles. The van der Waals surface area contributed by atoms with Gasteiger partial charge in [0.2, 0.25) is 0 Å². The lowest BCUT2D eigenvalue weighted by Crippen LogP contribution is -1.93. The van der Waals surface area contributed by atoms with Gasteiger partial charge in [-0.2, -0.15) is 5.26 Å². The number of hydrogen-bond acceptors (Lipinski definition) is 5. The Kier molecular flexibility index (Phi) is 5.46. The van der Waals surface area contributed by atoms with E-state index in [1.165, 1.54) is 23.9 Å². The number of rotatable bonds is 6. The first-order valence-electron chi connectivity index (χ1n) is 4.99. The van der Waals surface area contributed by atoms with Crippen LogP contribution in [0.5, 0.6) is 0 Å². The van der Waals surface area contributed by atoms with E-state index in [4.69, 9.17) is 10.00 Å². The highest BCUT2D eigenvalue weighted by Gasteiger charge is 2.10. The van der Waals surface area contributed by atoms with Crippen LogP contribution in [0, 0.1) is 21.4 Å². The van der Waals surface area contributed by atoms with Gasteiger partial charge in [-0.25, -0.2) is 0 Å². The van der Waals surface area contributed by atoms with E-state index in [1.807, 2.05) is 6.07 Å². The van der Waals surface area contributed by atoms with Crippen molar-refractivity contribution in [2.75, 3.05) is 19.5 Å². The summed E-state index contributed by atoms with van der Waals surface area (Å²) in [5, 5.41) is 19.5. The van der Waals surface area contributed by atoms with Crippen LogP contribution in [0.15, 0.2) is 23.1 Å². The largest absolute Gasteiger partial charge is 0.385 e. The van der Waals surface area contributed by atoms with Crippen LogP contribution in [-0.4, -0.2) is 24.4 Å². The lowest BCUT2D eigenvalue weighted by atomic mass is 10.2. The van der Waals surface area contributed by atoms with Crippen molar-refractivity contribution < 1.29 is 9.66 Å². The molecule has 6 heteroatoms. The van der Waals surface area contributed by atoms with E-state index < -0.39 is 4.92 Å². The van der Waals surface area contributed by atoms with Gasteiger partial charge in [-0.15, -0.1) is 11.8 Å². The van der Waals surface area contributed by atoms with E-state index in [0.717, 1.165) is 17.1 Å². The van der Waals surface area contributed by atoms with Crippen molar-refractivity contribution in [3.8, 4) is 6.07 Å². The summed E-state index contributed by atoms with van der Waals surface area (Å²) in [6.07, 6.45) is 0.878. The topological polar surface area (TPSA) is 76.2 Å². The van der Waals surface area contributed by atoms with Crippen molar-refractivity contribution in [2.45, 2.75) is 11.3 Å². The second-order valence-corrected chi connectivity index (χ2v) is 4.38. The molecule has 0 bridgehead atoms. The fourth-order valence-corrected chi connectivity index (χ4v) is 2.14. The minimum absolute atomic E-state index is 0.0530. The summed E-state index contributed by atoms with van der Waals surface area (Å²) in [4.78, 5) is 10.8. The zero-order valence-electron chi connectivity index (χ0n) is 9.38. The quantitative estimate of drug-likeness (QED) is 0.336. The Morgan fingerprint density at radius 3 is 2.94 bits per heavy atom. The molecule has 0 saturated carbocycles. The maximum atomic E-state index is 10.6. The van der Waals surface area contributed by atoms with Crippen LogP contribution in [-0.2, 0) is 4.74 Å². The maximum Gasteiger partial charge on any atom is 0.270 e. The highest BCUT2D eigenvalue weighted by Crippen LogP contribution is 2.26. The van der Waals surface area contributed by atoms with Crippen LogP contribution in [0.2, 0.25) is 0 Å². The minimum Gasteiger partial charge on any atom is -0.385 e. The molecule has 90 valence electrons. The molecule has 0 aliphatic heterocycles. The number of ether oxygens (including phenoxy) is 1. The summed E-state index contributed by atoms with van der Waals surface area (Å²) in [5.74, 6) is 0.820. The van der Waals surface area contributed by atoms with Crippen molar-refractivity contribution in [1.82, 2.24) is 0 Å². The van der Waals surface area contributed by atoms with Gasteiger partial charge in [0.05, 0.1) is 10.5 Å². The third-order valence-electron chi connectivity index (χ3n) is 2.04. The molecule has 0 N–H and O–H groups in total. The normalized spacial score (nSPS) is 9.88. The van der Waals surface area contributed by atoms with Crippen molar-refractivity contribution in [1.29, 1.82) is 5.26 Å². The van der Waals surface area contributed by atoms with E-state index in [2.05, 4.69) is 0 Å². The Balaban J connectivity index is 2.73. The first kappa shape index (κ1) is 13.5. The summed E-state index contributed by atoms with van der Waals surface area (Å²) < 4.78 is 4.92. The van der Waals surface area contributed by atoms with Crippen LogP contribution in [0.3, 0.4) is 0 Å². The molecule has 0 aliphatic carbocycles. The van der Waals surface area contributed by atoms with Gasteiger partial charge in [0.15, 0.2) is 0 Å². The molecule has 0 aliphatic rings. The molecule has 1 aromatic rings. The van der Waals surface area contributed by atoms with E-state index >= 15 is 0 Å². The highest BCUT2D eigenvalue weighted by atomic mass is 32.2. The summed E-state index contributed by atoms with van der Waals surface area (Å²) in [5.41, 5.74) is 0.296. The van der Waals surface area contributed by atoms with Gasteiger partial charge in [-0.05, 0) is 12.5 Å². The third kappa shape index (κ3) is 4.06. The molecule has 0 amide bonds. The van der Waals surface area contributed by atoms with Crippen molar-refractivity contribution in [2.24, 2.45) is 0 Å². The van der Waals surface area contributed by atoms with E-state index in [-0.39, 0.29) is 5.69 Å². The van der Waals surface area contributed by atoms with Crippen molar-refractivity contribution in [3.05, 3.63) is 33.9 Å². The minimum atomic E-state index is -0.500. The number of nitro benzene ring substituents is 1. The molecular formula is C11H12N2O3S. The molecule has 1 rings (SSSR count). The number of nitro groups is 1.